The molecule has 0 spiro atoms. The van der Waals surface area contributed by atoms with Crippen molar-refractivity contribution in [3.05, 3.63) is 69.9 Å². The molecular weight excluding hydrogens is 532 g/mol. The number of halogens is 1. The van der Waals surface area contributed by atoms with Gasteiger partial charge in [0.2, 0.25) is 0 Å². The van der Waals surface area contributed by atoms with Crippen LogP contribution in [0.2, 0.25) is 5.02 Å². The van der Waals surface area contributed by atoms with Crippen molar-refractivity contribution in [3.8, 4) is 0 Å². The van der Waals surface area contributed by atoms with Gasteiger partial charge in [0, 0.05) is 59.9 Å². The Morgan fingerprint density at radius 3 is 2.30 bits per heavy atom. The van der Waals surface area contributed by atoms with Gasteiger partial charge in [0.1, 0.15) is 6.04 Å². The lowest BCUT2D eigenvalue weighted by molar-refractivity contribution is 0.0857. The zero-order chi connectivity index (χ0) is 28.4. The molecular formula is C30H35ClN4O5. The predicted molar refractivity (Wildman–Crippen MR) is 153 cm³/mol. The number of likely N-dealkylation sites (tertiary alicyclic amines) is 1. The molecule has 5 rings (SSSR count). The maximum atomic E-state index is 13.1. The minimum Gasteiger partial charge on any atom is -0.450 e. The second-order valence-corrected chi connectivity index (χ2v) is 10.6. The molecule has 1 N–H and O–H groups in total. The van der Waals surface area contributed by atoms with Gasteiger partial charge >= 0.3 is 12.2 Å². The summed E-state index contributed by atoms with van der Waals surface area (Å²) in [6.07, 6.45) is 1.37. The van der Waals surface area contributed by atoms with E-state index in [0.717, 1.165) is 22.2 Å². The van der Waals surface area contributed by atoms with Crippen molar-refractivity contribution in [2.24, 2.45) is 7.05 Å². The maximum absolute atomic E-state index is 13.1. The van der Waals surface area contributed by atoms with Crippen LogP contribution in [-0.2, 0) is 22.9 Å². The van der Waals surface area contributed by atoms with Crippen LogP contribution >= 0.6 is 11.6 Å². The lowest BCUT2D eigenvalue weighted by atomic mass is 9.92. The highest BCUT2D eigenvalue weighted by atomic mass is 35.5. The summed E-state index contributed by atoms with van der Waals surface area (Å²) in [6.45, 7) is 5.83. The largest absolute Gasteiger partial charge is 0.450 e. The average molecular weight is 567 g/mol. The highest BCUT2D eigenvalue weighted by molar-refractivity contribution is 6.31. The molecule has 212 valence electrons. The number of nitrogens with one attached hydrogen (secondary N) is 1. The smallest absolute Gasteiger partial charge is 0.410 e. The third kappa shape index (κ3) is 5.35. The standard InChI is InChI=1S/C30H35ClN4O5/c1-4-39-29(37)34-15-12-22(13-16-34)32-28(36)20-8-6-19(7-9-20)26-27-23(14-17-35(26)30(38)40-5-2)24-18-21(31)10-11-25(24)33(27)3/h6-11,18,22,26H,4-5,12-17H2,1-3H3,(H,32,36). The van der Waals surface area contributed by atoms with Crippen molar-refractivity contribution in [3.63, 3.8) is 0 Å². The number of aryl methyl sites for hydroxylation is 1. The number of aromatic nitrogens is 1. The maximum Gasteiger partial charge on any atom is 0.410 e. The normalized spacial score (nSPS) is 17.4. The van der Waals surface area contributed by atoms with Crippen LogP contribution < -0.4 is 5.32 Å². The van der Waals surface area contributed by atoms with E-state index in [4.69, 9.17) is 21.1 Å². The van der Waals surface area contributed by atoms with Crippen LogP contribution in [0.5, 0.6) is 0 Å². The van der Waals surface area contributed by atoms with E-state index in [2.05, 4.69) is 9.88 Å². The van der Waals surface area contributed by atoms with Crippen molar-refractivity contribution in [2.45, 2.75) is 45.2 Å². The van der Waals surface area contributed by atoms with Crippen molar-refractivity contribution in [1.82, 2.24) is 19.7 Å². The highest BCUT2D eigenvalue weighted by Crippen LogP contribution is 2.41. The fourth-order valence-electron chi connectivity index (χ4n) is 5.88. The van der Waals surface area contributed by atoms with E-state index in [-0.39, 0.29) is 36.8 Å². The van der Waals surface area contributed by atoms with E-state index in [1.807, 2.05) is 37.4 Å². The monoisotopic (exact) mass is 566 g/mol. The third-order valence-electron chi connectivity index (χ3n) is 7.84. The van der Waals surface area contributed by atoms with Crippen LogP contribution in [0.3, 0.4) is 0 Å². The Balaban J connectivity index is 1.37. The fourth-order valence-corrected chi connectivity index (χ4v) is 6.05. The van der Waals surface area contributed by atoms with E-state index in [1.165, 1.54) is 5.56 Å². The van der Waals surface area contributed by atoms with Gasteiger partial charge in [-0.25, -0.2) is 9.59 Å². The first-order valence-electron chi connectivity index (χ1n) is 13.8. The molecule has 1 saturated heterocycles. The topological polar surface area (TPSA) is 93.1 Å². The number of fused-ring (bicyclic) bond motifs is 3. The third-order valence-corrected chi connectivity index (χ3v) is 8.07. The molecule has 1 atom stereocenters. The lowest BCUT2D eigenvalue weighted by Gasteiger charge is -2.36. The molecule has 1 fully saturated rings. The summed E-state index contributed by atoms with van der Waals surface area (Å²) in [4.78, 5) is 41.5. The number of amides is 3. The minimum absolute atomic E-state index is 0.0133. The number of nitrogens with zero attached hydrogens (tertiary/aromatic N) is 3. The molecule has 1 aromatic heterocycles. The molecule has 2 aliphatic heterocycles. The summed E-state index contributed by atoms with van der Waals surface area (Å²) in [7, 11) is 2.01. The average Bonchev–Trinajstić information content (AvgIpc) is 3.24. The molecule has 0 bridgehead atoms. The Kier molecular flexibility index (Phi) is 8.21. The highest BCUT2D eigenvalue weighted by Gasteiger charge is 2.37. The zero-order valence-electron chi connectivity index (χ0n) is 23.1. The minimum atomic E-state index is -0.372. The van der Waals surface area contributed by atoms with Gasteiger partial charge in [-0.3, -0.25) is 9.69 Å². The van der Waals surface area contributed by atoms with Crippen LogP contribution in [0.25, 0.3) is 10.9 Å². The molecule has 0 saturated carbocycles. The number of rotatable bonds is 5. The summed E-state index contributed by atoms with van der Waals surface area (Å²) < 4.78 is 12.6. The van der Waals surface area contributed by atoms with Crippen LogP contribution in [0.4, 0.5) is 9.59 Å². The zero-order valence-corrected chi connectivity index (χ0v) is 23.9. The first-order chi connectivity index (χ1) is 19.3. The van der Waals surface area contributed by atoms with Gasteiger partial charge in [0.05, 0.1) is 13.2 Å². The van der Waals surface area contributed by atoms with Gasteiger partial charge in [-0.2, -0.15) is 0 Å². The summed E-state index contributed by atoms with van der Waals surface area (Å²) in [6, 6.07) is 12.9. The Hall–Kier alpha value is -3.72. The molecule has 3 aromatic rings. The van der Waals surface area contributed by atoms with E-state index >= 15 is 0 Å². The molecule has 9 nitrogen and oxygen atoms in total. The molecule has 3 amide bonds. The van der Waals surface area contributed by atoms with Crippen LogP contribution in [0, 0.1) is 0 Å². The van der Waals surface area contributed by atoms with Gasteiger partial charge in [-0.1, -0.05) is 23.7 Å². The molecule has 10 heteroatoms. The van der Waals surface area contributed by atoms with Gasteiger partial charge in [0.25, 0.3) is 5.91 Å². The Labute approximate surface area is 239 Å². The number of hydrogen-bond donors (Lipinski definition) is 1. The van der Waals surface area contributed by atoms with Gasteiger partial charge in [-0.05, 0) is 74.6 Å². The molecule has 2 aliphatic rings. The summed E-state index contributed by atoms with van der Waals surface area (Å²) in [5, 5.41) is 4.86. The molecule has 0 radical (unpaired) electrons. The fraction of sp³-hybridized carbons (Fsp3) is 0.433. The number of carbonyl (C=O) groups excluding carboxylic acids is 3. The summed E-state index contributed by atoms with van der Waals surface area (Å²) >= 11 is 6.34. The van der Waals surface area contributed by atoms with Crippen LogP contribution in [-0.4, -0.2) is 71.4 Å². The first-order valence-corrected chi connectivity index (χ1v) is 14.2. The van der Waals surface area contributed by atoms with E-state index in [9.17, 15) is 14.4 Å². The van der Waals surface area contributed by atoms with E-state index in [0.29, 0.717) is 56.1 Å². The van der Waals surface area contributed by atoms with Crippen molar-refractivity contribution >= 4 is 40.6 Å². The number of ether oxygens (including phenoxy) is 2. The van der Waals surface area contributed by atoms with E-state index in [1.54, 1.807) is 35.8 Å². The Morgan fingerprint density at radius 1 is 0.950 bits per heavy atom. The van der Waals surface area contributed by atoms with Gasteiger partial charge in [0.15, 0.2) is 0 Å². The lowest BCUT2D eigenvalue weighted by Crippen LogP contribution is -2.46. The van der Waals surface area contributed by atoms with Crippen LogP contribution in [0.1, 0.15) is 59.9 Å². The molecule has 0 aliphatic carbocycles. The molecule has 3 heterocycles. The predicted octanol–water partition coefficient (Wildman–Crippen LogP) is 5.29. The molecule has 2 aromatic carbocycles. The number of piperidine rings is 1. The van der Waals surface area contributed by atoms with Crippen molar-refractivity contribution in [2.75, 3.05) is 32.8 Å². The number of hydrogen-bond acceptors (Lipinski definition) is 5. The first kappa shape index (κ1) is 27.8. The Morgan fingerprint density at radius 2 is 1.62 bits per heavy atom. The second kappa shape index (κ2) is 11.8. The Bertz CT molecular complexity index is 1410. The van der Waals surface area contributed by atoms with E-state index < -0.39 is 0 Å². The van der Waals surface area contributed by atoms with Crippen LogP contribution in [0.15, 0.2) is 42.5 Å². The quantitative estimate of drug-likeness (QED) is 0.453. The number of carbonyl (C=O) groups is 3. The summed E-state index contributed by atoms with van der Waals surface area (Å²) in [5.74, 6) is -0.160. The van der Waals surface area contributed by atoms with Crippen molar-refractivity contribution in [1.29, 1.82) is 0 Å². The molecule has 40 heavy (non-hydrogen) atoms. The number of benzene rings is 2. The summed E-state index contributed by atoms with van der Waals surface area (Å²) in [5.41, 5.74) is 4.67. The van der Waals surface area contributed by atoms with Gasteiger partial charge < -0.3 is 24.3 Å². The SMILES string of the molecule is CCOC(=O)N1CCC(NC(=O)c2ccc(C3c4c(c5cc(Cl)ccc5n4C)CCN3C(=O)OCC)cc2)CC1. The van der Waals surface area contributed by atoms with Gasteiger partial charge in [-0.15, -0.1) is 0 Å². The second-order valence-electron chi connectivity index (χ2n) is 10.2. The molecule has 1 unspecified atom stereocenters. The van der Waals surface area contributed by atoms with Crippen molar-refractivity contribution < 1.29 is 23.9 Å².